The summed E-state index contributed by atoms with van der Waals surface area (Å²) >= 11 is 0. The molecule has 0 aromatic heterocycles. The lowest BCUT2D eigenvalue weighted by Gasteiger charge is -2.29. The summed E-state index contributed by atoms with van der Waals surface area (Å²) in [7, 11) is 0. The molecule has 9 nitrogen and oxygen atoms in total. The summed E-state index contributed by atoms with van der Waals surface area (Å²) in [5.74, 6) is -0.0897. The fourth-order valence-electron chi connectivity index (χ4n) is 3.34. The molecule has 0 spiro atoms. The number of carbonyl (C=O) groups excluding carboxylic acids is 2. The predicted octanol–water partition coefficient (Wildman–Crippen LogP) is 1.79. The van der Waals surface area contributed by atoms with Gasteiger partial charge < -0.3 is 20.3 Å². The second kappa shape index (κ2) is 8.40. The van der Waals surface area contributed by atoms with Gasteiger partial charge in [0.05, 0.1) is 12.1 Å². The Morgan fingerprint density at radius 1 is 1.40 bits per heavy atom. The average Bonchev–Trinajstić information content (AvgIpc) is 3.17. The van der Waals surface area contributed by atoms with Crippen LogP contribution >= 0.6 is 0 Å². The highest BCUT2D eigenvalue weighted by molar-refractivity contribution is 5.82. The van der Waals surface area contributed by atoms with Crippen LogP contribution in [0.2, 0.25) is 0 Å². The van der Waals surface area contributed by atoms with E-state index in [0.717, 1.165) is 25.8 Å². The molecule has 140 valence electrons. The van der Waals surface area contributed by atoms with Gasteiger partial charge in [-0.05, 0) is 58.0 Å². The molecule has 0 saturated carbocycles. The Kier molecular flexibility index (Phi) is 6.50. The Labute approximate surface area is 148 Å². The molecule has 0 aliphatic carbocycles. The summed E-state index contributed by atoms with van der Waals surface area (Å²) in [5, 5.41) is 9.67. The molecule has 0 radical (unpaired) electrons. The van der Waals surface area contributed by atoms with Crippen molar-refractivity contribution >= 4 is 12.0 Å². The van der Waals surface area contributed by atoms with Gasteiger partial charge in [-0.15, -0.1) is 0 Å². The number of likely N-dealkylation sites (tertiary alicyclic amines) is 1. The Balaban J connectivity index is 1.85. The van der Waals surface area contributed by atoms with Crippen LogP contribution in [0.25, 0.3) is 10.4 Å². The van der Waals surface area contributed by atoms with E-state index < -0.39 is 5.60 Å². The second-order valence-electron chi connectivity index (χ2n) is 7.61. The van der Waals surface area contributed by atoms with Crippen LogP contribution in [0.15, 0.2) is 5.11 Å². The minimum atomic E-state index is -0.532. The summed E-state index contributed by atoms with van der Waals surface area (Å²) < 4.78 is 5.44. The number of rotatable bonds is 5. The van der Waals surface area contributed by atoms with E-state index in [-0.39, 0.29) is 30.0 Å². The van der Waals surface area contributed by atoms with Crippen LogP contribution in [0.3, 0.4) is 0 Å². The first-order valence-electron chi connectivity index (χ1n) is 8.83. The van der Waals surface area contributed by atoms with E-state index in [1.165, 1.54) is 0 Å². The summed E-state index contributed by atoms with van der Waals surface area (Å²) in [4.78, 5) is 29.2. The second-order valence-corrected chi connectivity index (χ2v) is 7.61. The number of hydrogen-bond acceptors (Lipinski definition) is 5. The third-order valence-corrected chi connectivity index (χ3v) is 4.53. The number of azide groups is 1. The molecule has 2 rings (SSSR count). The summed E-state index contributed by atoms with van der Waals surface area (Å²) in [5.41, 5.74) is 7.92. The standard InChI is InChI=1S/C16H28N6O3/c1-16(2,3)25-15(24)22-8-4-5-12(22)10-19-14(23)13-11(6-7-18-13)9-20-21-17/h11-13,18H,4-10H2,1-3H3,(H,19,23)/t11?,12?,13-/m0/s1. The first kappa shape index (κ1) is 19.3. The Bertz CT molecular complexity index is 540. The number of ether oxygens (including phenoxy) is 1. The minimum absolute atomic E-state index is 0.0152. The number of nitrogens with one attached hydrogen (secondary N) is 2. The molecule has 2 saturated heterocycles. The third-order valence-electron chi connectivity index (χ3n) is 4.53. The molecule has 2 fully saturated rings. The highest BCUT2D eigenvalue weighted by Crippen LogP contribution is 2.21. The monoisotopic (exact) mass is 352 g/mol. The van der Waals surface area contributed by atoms with Crippen LogP contribution in [-0.2, 0) is 9.53 Å². The fourth-order valence-corrected chi connectivity index (χ4v) is 3.34. The van der Waals surface area contributed by atoms with E-state index in [0.29, 0.717) is 19.6 Å². The van der Waals surface area contributed by atoms with Crippen LogP contribution in [0.4, 0.5) is 4.79 Å². The Morgan fingerprint density at radius 2 is 2.16 bits per heavy atom. The van der Waals surface area contributed by atoms with Gasteiger partial charge in [-0.2, -0.15) is 0 Å². The molecule has 2 heterocycles. The lowest BCUT2D eigenvalue weighted by molar-refractivity contribution is -0.123. The average molecular weight is 352 g/mol. The van der Waals surface area contributed by atoms with Gasteiger partial charge in [0.15, 0.2) is 0 Å². The van der Waals surface area contributed by atoms with Crippen LogP contribution in [0.1, 0.15) is 40.0 Å². The summed E-state index contributed by atoms with van der Waals surface area (Å²) in [6.45, 7) is 7.63. The number of carbonyl (C=O) groups is 2. The summed E-state index contributed by atoms with van der Waals surface area (Å²) in [6.07, 6.45) is 2.23. The zero-order chi connectivity index (χ0) is 18.4. The van der Waals surface area contributed by atoms with Crippen molar-refractivity contribution in [2.45, 2.75) is 57.7 Å². The topological polar surface area (TPSA) is 119 Å². The highest BCUT2D eigenvalue weighted by Gasteiger charge is 2.35. The maximum absolute atomic E-state index is 12.4. The molecule has 0 bridgehead atoms. The van der Waals surface area contributed by atoms with Crippen molar-refractivity contribution in [3.05, 3.63) is 10.4 Å². The molecular weight excluding hydrogens is 324 g/mol. The van der Waals surface area contributed by atoms with Gasteiger partial charge in [0.1, 0.15) is 5.60 Å². The maximum Gasteiger partial charge on any atom is 0.410 e. The maximum atomic E-state index is 12.4. The zero-order valence-corrected chi connectivity index (χ0v) is 15.2. The van der Waals surface area contributed by atoms with Crippen molar-refractivity contribution < 1.29 is 14.3 Å². The van der Waals surface area contributed by atoms with Crippen molar-refractivity contribution in [3.63, 3.8) is 0 Å². The van der Waals surface area contributed by atoms with Crippen LogP contribution in [0, 0.1) is 5.92 Å². The number of amides is 2. The Morgan fingerprint density at radius 3 is 2.84 bits per heavy atom. The van der Waals surface area contributed by atoms with Crippen molar-refractivity contribution in [2.24, 2.45) is 11.0 Å². The predicted molar refractivity (Wildman–Crippen MR) is 92.9 cm³/mol. The molecule has 2 aliphatic rings. The molecule has 0 aromatic rings. The molecular formula is C16H28N6O3. The molecule has 2 N–H and O–H groups in total. The zero-order valence-electron chi connectivity index (χ0n) is 15.2. The first-order valence-corrected chi connectivity index (χ1v) is 8.83. The normalized spacial score (nSPS) is 26.2. The van der Waals surface area contributed by atoms with Gasteiger partial charge in [-0.3, -0.25) is 4.79 Å². The van der Waals surface area contributed by atoms with Gasteiger partial charge in [0.25, 0.3) is 0 Å². The van der Waals surface area contributed by atoms with Gasteiger partial charge in [0, 0.05) is 24.5 Å². The fraction of sp³-hybridized carbons (Fsp3) is 0.875. The van der Waals surface area contributed by atoms with E-state index in [1.54, 1.807) is 4.90 Å². The van der Waals surface area contributed by atoms with Crippen molar-refractivity contribution in [2.75, 3.05) is 26.2 Å². The first-order chi connectivity index (χ1) is 11.8. The quantitative estimate of drug-likeness (QED) is 0.445. The summed E-state index contributed by atoms with van der Waals surface area (Å²) in [6, 6.07) is -0.391. The molecule has 9 heteroatoms. The lowest BCUT2D eigenvalue weighted by Crippen LogP contribution is -2.50. The largest absolute Gasteiger partial charge is 0.444 e. The van der Waals surface area contributed by atoms with E-state index in [4.69, 9.17) is 10.3 Å². The highest BCUT2D eigenvalue weighted by atomic mass is 16.6. The lowest BCUT2D eigenvalue weighted by atomic mass is 10.0. The number of hydrogen-bond donors (Lipinski definition) is 2. The van der Waals surface area contributed by atoms with E-state index in [9.17, 15) is 9.59 Å². The van der Waals surface area contributed by atoms with E-state index in [2.05, 4.69) is 20.7 Å². The van der Waals surface area contributed by atoms with Crippen LogP contribution < -0.4 is 10.6 Å². The van der Waals surface area contributed by atoms with Crippen LogP contribution in [-0.4, -0.2) is 60.8 Å². The molecule has 25 heavy (non-hydrogen) atoms. The molecule has 2 amide bonds. The van der Waals surface area contributed by atoms with Crippen molar-refractivity contribution in [1.82, 2.24) is 15.5 Å². The molecule has 3 atom stereocenters. The van der Waals surface area contributed by atoms with E-state index in [1.807, 2.05) is 20.8 Å². The van der Waals surface area contributed by atoms with Gasteiger partial charge in [-0.1, -0.05) is 5.11 Å². The van der Waals surface area contributed by atoms with Gasteiger partial charge in [0.2, 0.25) is 5.91 Å². The van der Waals surface area contributed by atoms with E-state index >= 15 is 0 Å². The third kappa shape index (κ3) is 5.51. The van der Waals surface area contributed by atoms with Crippen molar-refractivity contribution in [1.29, 1.82) is 0 Å². The van der Waals surface area contributed by atoms with Gasteiger partial charge >= 0.3 is 6.09 Å². The molecule has 0 aromatic carbocycles. The smallest absolute Gasteiger partial charge is 0.410 e. The Hall–Kier alpha value is -1.99. The SMILES string of the molecule is CC(C)(C)OC(=O)N1CCCC1CNC(=O)[C@H]1NCCC1CN=[N+]=[N-]. The molecule has 2 unspecified atom stereocenters. The molecule has 2 aliphatic heterocycles. The minimum Gasteiger partial charge on any atom is -0.444 e. The van der Waals surface area contributed by atoms with Gasteiger partial charge in [-0.25, -0.2) is 4.79 Å². The van der Waals surface area contributed by atoms with Crippen molar-refractivity contribution in [3.8, 4) is 0 Å². The van der Waals surface area contributed by atoms with Crippen LogP contribution in [0.5, 0.6) is 0 Å². The number of nitrogens with zero attached hydrogens (tertiary/aromatic N) is 4.